The lowest BCUT2D eigenvalue weighted by molar-refractivity contribution is -0.272. The van der Waals surface area contributed by atoms with Crippen LogP contribution in [0.5, 0.6) is 0 Å². The normalized spacial score (nSPS) is 21.6. The average molecular weight is 348 g/mol. The van der Waals surface area contributed by atoms with Crippen molar-refractivity contribution < 1.29 is 31.4 Å². The lowest BCUT2D eigenvalue weighted by Gasteiger charge is -2.34. The maximum atomic E-state index is 13.3. The van der Waals surface area contributed by atoms with Crippen molar-refractivity contribution in [1.29, 1.82) is 0 Å². The van der Waals surface area contributed by atoms with Gasteiger partial charge in [0.2, 0.25) is 5.60 Å². The molecule has 1 aliphatic rings. The third kappa shape index (κ3) is 2.24. The molecule has 128 valence electrons. The standard InChI is InChI=1S/C15H10F6N2O/c1-22-7-5-9-8-3-2-4-13(24,15(19,20)21)12(8)23-11(9)10(6-7)14(16,17)18/h5-6,23-24H,2-4H2. The van der Waals surface area contributed by atoms with Crippen LogP contribution >= 0.6 is 0 Å². The zero-order valence-electron chi connectivity index (χ0n) is 11.9. The van der Waals surface area contributed by atoms with Gasteiger partial charge in [-0.3, -0.25) is 0 Å². The van der Waals surface area contributed by atoms with Crippen molar-refractivity contribution >= 4 is 16.6 Å². The first kappa shape index (κ1) is 16.6. The number of benzene rings is 1. The Kier molecular flexibility index (Phi) is 3.39. The van der Waals surface area contributed by atoms with Gasteiger partial charge in [0.1, 0.15) is 0 Å². The van der Waals surface area contributed by atoms with E-state index in [0.29, 0.717) is 6.07 Å². The van der Waals surface area contributed by atoms with Crippen LogP contribution in [-0.2, 0) is 18.2 Å². The number of halogens is 6. The van der Waals surface area contributed by atoms with E-state index < -0.39 is 41.1 Å². The number of alkyl halides is 6. The minimum Gasteiger partial charge on any atom is -0.375 e. The van der Waals surface area contributed by atoms with Crippen molar-refractivity contribution in [2.24, 2.45) is 0 Å². The second-order valence-corrected chi connectivity index (χ2v) is 5.72. The Morgan fingerprint density at radius 3 is 2.38 bits per heavy atom. The van der Waals surface area contributed by atoms with E-state index in [1.54, 1.807) is 0 Å². The molecule has 0 spiro atoms. The second-order valence-electron chi connectivity index (χ2n) is 5.72. The van der Waals surface area contributed by atoms with Crippen molar-refractivity contribution in [2.45, 2.75) is 37.2 Å². The molecule has 0 radical (unpaired) electrons. The molecule has 0 aliphatic heterocycles. The summed E-state index contributed by atoms with van der Waals surface area (Å²) < 4.78 is 79.5. The van der Waals surface area contributed by atoms with Crippen LogP contribution in [0.3, 0.4) is 0 Å². The number of fused-ring (bicyclic) bond motifs is 3. The monoisotopic (exact) mass is 348 g/mol. The quantitative estimate of drug-likeness (QED) is 0.520. The summed E-state index contributed by atoms with van der Waals surface area (Å²) in [5, 5.41) is 9.98. The van der Waals surface area contributed by atoms with Gasteiger partial charge in [-0.2, -0.15) is 26.3 Å². The molecule has 1 aliphatic carbocycles. The van der Waals surface area contributed by atoms with Gasteiger partial charge in [0.15, 0.2) is 5.69 Å². The molecule has 24 heavy (non-hydrogen) atoms. The fourth-order valence-corrected chi connectivity index (χ4v) is 3.16. The second kappa shape index (κ2) is 4.89. The smallest absolute Gasteiger partial charge is 0.375 e. The molecular weight excluding hydrogens is 338 g/mol. The van der Waals surface area contributed by atoms with Crippen LogP contribution in [0.4, 0.5) is 32.0 Å². The summed E-state index contributed by atoms with van der Waals surface area (Å²) >= 11 is 0. The highest BCUT2D eigenvalue weighted by molar-refractivity contribution is 5.91. The SMILES string of the molecule is [C-]#[N+]c1cc(C(F)(F)F)c2[nH]c3c(c2c1)CCCC3(O)C(F)(F)F. The Hall–Kier alpha value is -2.21. The van der Waals surface area contributed by atoms with Crippen molar-refractivity contribution in [3.05, 3.63) is 40.4 Å². The number of aryl methyl sites for hydroxylation is 1. The largest absolute Gasteiger partial charge is 0.422 e. The van der Waals surface area contributed by atoms with Gasteiger partial charge in [-0.1, -0.05) is 0 Å². The number of aromatic nitrogens is 1. The van der Waals surface area contributed by atoms with Crippen molar-refractivity contribution in [3.63, 3.8) is 0 Å². The molecule has 1 unspecified atom stereocenters. The number of hydrogen-bond acceptors (Lipinski definition) is 1. The minimum absolute atomic E-state index is 0.0212. The summed E-state index contributed by atoms with van der Waals surface area (Å²) in [6.07, 6.45) is -10.4. The summed E-state index contributed by atoms with van der Waals surface area (Å²) in [6, 6.07) is 1.71. The molecule has 3 rings (SSSR count). The molecule has 9 heteroatoms. The molecule has 1 heterocycles. The summed E-state index contributed by atoms with van der Waals surface area (Å²) in [6.45, 7) is 6.91. The van der Waals surface area contributed by atoms with E-state index in [-0.39, 0.29) is 29.5 Å². The van der Waals surface area contributed by atoms with Crippen LogP contribution in [-0.4, -0.2) is 16.3 Å². The summed E-state index contributed by atoms with van der Waals surface area (Å²) in [5.41, 5.74) is -5.98. The molecule has 0 amide bonds. The fraction of sp³-hybridized carbons (Fsp3) is 0.400. The van der Waals surface area contributed by atoms with E-state index in [9.17, 15) is 31.4 Å². The van der Waals surface area contributed by atoms with Crippen molar-refractivity contribution in [2.75, 3.05) is 0 Å². The molecule has 3 nitrogen and oxygen atoms in total. The van der Waals surface area contributed by atoms with Crippen molar-refractivity contribution in [3.8, 4) is 0 Å². The molecular formula is C15H10F6N2O. The van der Waals surface area contributed by atoms with Gasteiger partial charge >= 0.3 is 12.4 Å². The van der Waals surface area contributed by atoms with E-state index in [2.05, 4.69) is 9.83 Å². The van der Waals surface area contributed by atoms with Gasteiger partial charge in [0.25, 0.3) is 0 Å². The third-order valence-corrected chi connectivity index (χ3v) is 4.28. The summed E-state index contributed by atoms with van der Waals surface area (Å²) in [5.74, 6) is 0. The number of aliphatic hydroxyl groups is 1. The van der Waals surface area contributed by atoms with E-state index in [1.807, 2.05) is 0 Å². The Labute approximate surface area is 131 Å². The lowest BCUT2D eigenvalue weighted by atomic mass is 9.82. The van der Waals surface area contributed by atoms with Crippen LogP contribution in [0.25, 0.3) is 15.7 Å². The fourth-order valence-electron chi connectivity index (χ4n) is 3.16. The van der Waals surface area contributed by atoms with E-state index in [0.717, 1.165) is 6.07 Å². The highest BCUT2D eigenvalue weighted by Gasteiger charge is 2.57. The number of nitrogens with zero attached hydrogens (tertiary/aromatic N) is 1. The van der Waals surface area contributed by atoms with Crippen LogP contribution in [0, 0.1) is 6.57 Å². The molecule has 1 aromatic carbocycles. The molecule has 2 N–H and O–H groups in total. The predicted molar refractivity (Wildman–Crippen MR) is 72.5 cm³/mol. The van der Waals surface area contributed by atoms with Crippen LogP contribution in [0.2, 0.25) is 0 Å². The van der Waals surface area contributed by atoms with E-state index in [1.165, 1.54) is 0 Å². The zero-order valence-corrected chi connectivity index (χ0v) is 11.9. The van der Waals surface area contributed by atoms with Crippen LogP contribution in [0.15, 0.2) is 12.1 Å². The molecule has 2 aromatic rings. The number of rotatable bonds is 0. The number of H-pyrrole nitrogens is 1. The Morgan fingerprint density at radius 2 is 1.83 bits per heavy atom. The first-order chi connectivity index (χ1) is 11.0. The van der Waals surface area contributed by atoms with Gasteiger partial charge < -0.3 is 10.1 Å². The molecule has 0 saturated carbocycles. The third-order valence-electron chi connectivity index (χ3n) is 4.28. The number of hydrogen-bond donors (Lipinski definition) is 2. The summed E-state index contributed by atoms with van der Waals surface area (Å²) in [4.78, 5) is 5.11. The van der Waals surface area contributed by atoms with E-state index >= 15 is 0 Å². The molecule has 0 saturated heterocycles. The lowest BCUT2D eigenvalue weighted by Crippen LogP contribution is -2.45. The highest BCUT2D eigenvalue weighted by Crippen LogP contribution is 2.49. The van der Waals surface area contributed by atoms with Gasteiger partial charge in [-0.05, 0) is 42.3 Å². The van der Waals surface area contributed by atoms with Crippen LogP contribution in [0.1, 0.15) is 29.7 Å². The Morgan fingerprint density at radius 1 is 1.17 bits per heavy atom. The Balaban J connectivity index is 2.40. The van der Waals surface area contributed by atoms with Gasteiger partial charge in [-0.15, -0.1) is 0 Å². The van der Waals surface area contributed by atoms with Crippen molar-refractivity contribution in [1.82, 2.24) is 4.98 Å². The first-order valence-electron chi connectivity index (χ1n) is 6.92. The van der Waals surface area contributed by atoms with Crippen LogP contribution < -0.4 is 0 Å². The first-order valence-corrected chi connectivity index (χ1v) is 6.92. The maximum absolute atomic E-state index is 13.3. The topological polar surface area (TPSA) is 40.4 Å². The molecule has 0 fully saturated rings. The average Bonchev–Trinajstić information content (AvgIpc) is 2.84. The maximum Gasteiger partial charge on any atom is 0.422 e. The van der Waals surface area contributed by atoms with Gasteiger partial charge in [-0.25, -0.2) is 4.85 Å². The summed E-state index contributed by atoms with van der Waals surface area (Å²) in [7, 11) is 0. The van der Waals surface area contributed by atoms with E-state index in [4.69, 9.17) is 6.57 Å². The minimum atomic E-state index is -5.02. The molecule has 1 aromatic heterocycles. The Bertz CT molecular complexity index is 858. The molecule has 0 bridgehead atoms. The number of aromatic amines is 1. The van der Waals surface area contributed by atoms with Gasteiger partial charge in [0, 0.05) is 0 Å². The van der Waals surface area contributed by atoms with Gasteiger partial charge in [0.05, 0.1) is 23.3 Å². The molecule has 1 atom stereocenters. The highest BCUT2D eigenvalue weighted by atomic mass is 19.4. The zero-order chi connectivity index (χ0) is 17.9. The predicted octanol–water partition coefficient (Wildman–Crippen LogP) is 4.82. The number of nitrogens with one attached hydrogen (secondary N) is 1.